The van der Waals surface area contributed by atoms with Gasteiger partial charge in [-0.1, -0.05) is 20.8 Å². The largest absolute Gasteiger partial charge is 0.391 e. The van der Waals surface area contributed by atoms with Gasteiger partial charge in [0, 0.05) is 25.6 Å². The van der Waals surface area contributed by atoms with Crippen LogP contribution < -0.4 is 5.32 Å². The van der Waals surface area contributed by atoms with Crippen molar-refractivity contribution >= 4 is 11.7 Å². The van der Waals surface area contributed by atoms with Crippen LogP contribution in [0.2, 0.25) is 0 Å². The number of anilines is 1. The Labute approximate surface area is 137 Å². The molecule has 1 aliphatic heterocycles. The zero-order valence-electron chi connectivity index (χ0n) is 14.3. The van der Waals surface area contributed by atoms with E-state index in [1.165, 1.54) is 12.8 Å². The summed E-state index contributed by atoms with van der Waals surface area (Å²) in [7, 11) is 0. The molecule has 0 aromatic carbocycles. The van der Waals surface area contributed by atoms with Gasteiger partial charge in [0.1, 0.15) is 0 Å². The lowest BCUT2D eigenvalue weighted by Gasteiger charge is -2.34. The second kappa shape index (κ2) is 6.51. The standard InChI is InChI=1S/C17H28N4O2/c1-11(2)8-21-16(13-4-5-13)15(7-18-21)19-17(23)20-9-12(3)6-14(22)10-20/h7,11-14,22H,4-6,8-10H2,1-3H3,(H,19,23)/t12-,14+/m0/s1. The first-order valence-corrected chi connectivity index (χ1v) is 8.73. The molecule has 23 heavy (non-hydrogen) atoms. The minimum atomic E-state index is -0.420. The van der Waals surface area contributed by atoms with Crippen LogP contribution in [0.15, 0.2) is 6.20 Å². The number of aliphatic hydroxyl groups excluding tert-OH is 1. The molecular formula is C17H28N4O2. The third-order valence-electron chi connectivity index (χ3n) is 4.55. The number of amides is 2. The van der Waals surface area contributed by atoms with Crippen LogP contribution in [0.4, 0.5) is 10.5 Å². The highest BCUT2D eigenvalue weighted by atomic mass is 16.3. The number of piperidine rings is 1. The Bertz CT molecular complexity index is 555. The summed E-state index contributed by atoms with van der Waals surface area (Å²) in [5.41, 5.74) is 2.00. The molecule has 2 atom stereocenters. The molecule has 6 heteroatoms. The number of urea groups is 1. The Balaban J connectivity index is 1.72. The monoisotopic (exact) mass is 320 g/mol. The Morgan fingerprint density at radius 2 is 2.17 bits per heavy atom. The number of carbonyl (C=O) groups is 1. The molecule has 6 nitrogen and oxygen atoms in total. The van der Waals surface area contributed by atoms with E-state index in [-0.39, 0.29) is 6.03 Å². The average Bonchev–Trinajstić information content (AvgIpc) is 3.21. The number of nitrogens with one attached hydrogen (secondary N) is 1. The van der Waals surface area contributed by atoms with Crippen molar-refractivity contribution in [1.29, 1.82) is 0 Å². The summed E-state index contributed by atoms with van der Waals surface area (Å²) in [6.45, 7) is 8.40. The number of carbonyl (C=O) groups excluding carboxylic acids is 1. The van der Waals surface area contributed by atoms with Gasteiger partial charge in [-0.3, -0.25) is 4.68 Å². The van der Waals surface area contributed by atoms with E-state index in [0.29, 0.717) is 30.8 Å². The van der Waals surface area contributed by atoms with Crippen LogP contribution in [0.25, 0.3) is 0 Å². The predicted octanol–water partition coefficient (Wildman–Crippen LogP) is 2.65. The third kappa shape index (κ3) is 3.86. The number of hydrogen-bond donors (Lipinski definition) is 2. The second-order valence-electron chi connectivity index (χ2n) is 7.62. The van der Waals surface area contributed by atoms with E-state index in [1.807, 2.05) is 4.68 Å². The van der Waals surface area contributed by atoms with E-state index in [4.69, 9.17) is 0 Å². The average molecular weight is 320 g/mol. The number of likely N-dealkylation sites (tertiary alicyclic amines) is 1. The first kappa shape index (κ1) is 16.3. The van der Waals surface area contributed by atoms with Crippen LogP contribution in [-0.2, 0) is 6.54 Å². The summed E-state index contributed by atoms with van der Waals surface area (Å²) in [6, 6.07) is -0.124. The molecule has 3 rings (SSSR count). The van der Waals surface area contributed by atoms with E-state index >= 15 is 0 Å². The van der Waals surface area contributed by atoms with Crippen LogP contribution in [0.1, 0.15) is 51.6 Å². The smallest absolute Gasteiger partial charge is 0.322 e. The van der Waals surface area contributed by atoms with Crippen molar-refractivity contribution in [3.05, 3.63) is 11.9 Å². The number of hydrogen-bond acceptors (Lipinski definition) is 3. The van der Waals surface area contributed by atoms with Gasteiger partial charge in [-0.05, 0) is 31.1 Å². The van der Waals surface area contributed by atoms with Crippen molar-refractivity contribution in [1.82, 2.24) is 14.7 Å². The summed E-state index contributed by atoms with van der Waals surface area (Å²) in [4.78, 5) is 14.3. The van der Waals surface area contributed by atoms with Crippen molar-refractivity contribution < 1.29 is 9.90 Å². The van der Waals surface area contributed by atoms with E-state index < -0.39 is 6.10 Å². The second-order valence-corrected chi connectivity index (χ2v) is 7.62. The summed E-state index contributed by atoms with van der Waals surface area (Å²) in [5, 5.41) is 17.4. The summed E-state index contributed by atoms with van der Waals surface area (Å²) in [5.74, 6) is 1.38. The number of β-amino-alcohol motifs (C(OH)–C–C–N with tert-alkyl or cyclic N) is 1. The maximum Gasteiger partial charge on any atom is 0.322 e. The molecule has 0 radical (unpaired) electrons. The SMILES string of the molecule is CC(C)Cn1ncc(NC(=O)N2C[C@@H](C)C[C@@H](O)C2)c1C1CC1. The van der Waals surface area contributed by atoms with Crippen LogP contribution in [0.5, 0.6) is 0 Å². The van der Waals surface area contributed by atoms with E-state index in [0.717, 1.165) is 24.3 Å². The van der Waals surface area contributed by atoms with Crippen LogP contribution in [0.3, 0.4) is 0 Å². The maximum absolute atomic E-state index is 12.6. The van der Waals surface area contributed by atoms with Crippen molar-refractivity contribution in [3.63, 3.8) is 0 Å². The van der Waals surface area contributed by atoms with E-state index in [9.17, 15) is 9.90 Å². The van der Waals surface area contributed by atoms with Gasteiger partial charge in [-0.2, -0.15) is 5.10 Å². The molecule has 2 N–H and O–H groups in total. The summed E-state index contributed by atoms with van der Waals surface area (Å²) < 4.78 is 2.05. The van der Waals surface area contributed by atoms with Gasteiger partial charge in [-0.25, -0.2) is 4.79 Å². The lowest BCUT2D eigenvalue weighted by Crippen LogP contribution is -2.47. The fourth-order valence-corrected chi connectivity index (χ4v) is 3.45. The van der Waals surface area contributed by atoms with Gasteiger partial charge in [0.15, 0.2) is 0 Å². The lowest BCUT2D eigenvalue weighted by molar-refractivity contribution is 0.0640. The molecule has 0 spiro atoms. The molecule has 1 aromatic heterocycles. The third-order valence-corrected chi connectivity index (χ3v) is 4.55. The maximum atomic E-state index is 12.6. The molecule has 1 saturated carbocycles. The van der Waals surface area contributed by atoms with Gasteiger partial charge in [0.05, 0.1) is 23.7 Å². The van der Waals surface area contributed by atoms with Crippen molar-refractivity contribution in [2.24, 2.45) is 11.8 Å². The highest BCUT2D eigenvalue weighted by Gasteiger charge is 2.32. The van der Waals surface area contributed by atoms with Crippen LogP contribution >= 0.6 is 0 Å². The Morgan fingerprint density at radius 3 is 2.78 bits per heavy atom. The van der Waals surface area contributed by atoms with Gasteiger partial charge in [0.2, 0.25) is 0 Å². The van der Waals surface area contributed by atoms with Gasteiger partial charge < -0.3 is 15.3 Å². The van der Waals surface area contributed by atoms with Gasteiger partial charge >= 0.3 is 6.03 Å². The Hall–Kier alpha value is -1.56. The van der Waals surface area contributed by atoms with Crippen LogP contribution in [-0.4, -0.2) is 45.0 Å². The minimum Gasteiger partial charge on any atom is -0.391 e. The molecule has 2 amide bonds. The zero-order valence-corrected chi connectivity index (χ0v) is 14.3. The Morgan fingerprint density at radius 1 is 1.43 bits per heavy atom. The number of aliphatic hydroxyl groups is 1. The minimum absolute atomic E-state index is 0.124. The zero-order chi connectivity index (χ0) is 16.6. The van der Waals surface area contributed by atoms with Gasteiger partial charge in [0.25, 0.3) is 0 Å². The fourth-order valence-electron chi connectivity index (χ4n) is 3.45. The lowest BCUT2D eigenvalue weighted by atomic mass is 9.98. The molecule has 1 aromatic rings. The van der Waals surface area contributed by atoms with Crippen molar-refractivity contribution in [3.8, 4) is 0 Å². The normalized spacial score (nSPS) is 25.0. The summed E-state index contributed by atoms with van der Waals surface area (Å²) >= 11 is 0. The molecule has 2 aliphatic rings. The molecule has 128 valence electrons. The topological polar surface area (TPSA) is 70.4 Å². The first-order valence-electron chi connectivity index (χ1n) is 8.73. The number of nitrogens with zero attached hydrogens (tertiary/aromatic N) is 3. The summed E-state index contributed by atoms with van der Waals surface area (Å²) in [6.07, 6.45) is 4.47. The molecule has 0 unspecified atom stereocenters. The molecule has 1 saturated heterocycles. The number of rotatable bonds is 4. The predicted molar refractivity (Wildman–Crippen MR) is 89.4 cm³/mol. The molecule has 2 heterocycles. The Kier molecular flexibility index (Phi) is 4.62. The highest BCUT2D eigenvalue weighted by molar-refractivity contribution is 5.90. The van der Waals surface area contributed by atoms with Crippen molar-refractivity contribution in [2.75, 3.05) is 18.4 Å². The van der Waals surface area contributed by atoms with E-state index in [2.05, 4.69) is 31.2 Å². The molecule has 0 bridgehead atoms. The molecular weight excluding hydrogens is 292 g/mol. The quantitative estimate of drug-likeness (QED) is 0.896. The fraction of sp³-hybridized carbons (Fsp3) is 0.765. The van der Waals surface area contributed by atoms with Gasteiger partial charge in [-0.15, -0.1) is 0 Å². The molecule has 2 fully saturated rings. The van der Waals surface area contributed by atoms with Crippen molar-refractivity contribution in [2.45, 2.75) is 58.6 Å². The first-order chi connectivity index (χ1) is 10.9. The molecule has 1 aliphatic carbocycles. The van der Waals surface area contributed by atoms with E-state index in [1.54, 1.807) is 11.1 Å². The highest BCUT2D eigenvalue weighted by Crippen LogP contribution is 2.43. The number of aromatic nitrogens is 2. The van der Waals surface area contributed by atoms with Crippen LogP contribution in [0, 0.1) is 11.8 Å².